The Labute approximate surface area is 97.5 Å². The number of phenolic OH excluding ortho intramolecular Hbond substituents is 1. The highest BCUT2D eigenvalue weighted by atomic mass is 16.3. The summed E-state index contributed by atoms with van der Waals surface area (Å²) in [6.45, 7) is 4.25. The Morgan fingerprint density at radius 2 is 1.88 bits per heavy atom. The van der Waals surface area contributed by atoms with Gasteiger partial charge in [-0.05, 0) is 30.4 Å². The fourth-order valence-corrected chi connectivity index (χ4v) is 2.60. The zero-order valence-corrected chi connectivity index (χ0v) is 10.2. The summed E-state index contributed by atoms with van der Waals surface area (Å²) < 4.78 is 0. The van der Waals surface area contributed by atoms with Crippen molar-refractivity contribution in [3.8, 4) is 5.75 Å². The van der Waals surface area contributed by atoms with Gasteiger partial charge in [0.05, 0.1) is 0 Å². The van der Waals surface area contributed by atoms with E-state index in [0.717, 1.165) is 18.4 Å². The molecule has 0 aromatic heterocycles. The molecule has 2 heteroatoms. The van der Waals surface area contributed by atoms with Gasteiger partial charge in [-0.2, -0.15) is 0 Å². The van der Waals surface area contributed by atoms with Crippen LogP contribution in [0.1, 0.15) is 56.6 Å². The minimum absolute atomic E-state index is 0.292. The summed E-state index contributed by atoms with van der Waals surface area (Å²) in [4.78, 5) is 0. The molecule has 0 bridgehead atoms. The second-order valence-corrected chi connectivity index (χ2v) is 5.29. The predicted molar refractivity (Wildman–Crippen MR) is 66.5 cm³/mol. The third kappa shape index (κ3) is 1.94. The zero-order valence-electron chi connectivity index (χ0n) is 10.2. The molecule has 0 spiro atoms. The standard InChI is InChI=1S/C14H21NO/c1-10(2)11-5-6-12(13(16)9-11)14(15)7-3-4-8-14/h5-6,9-10,16H,3-4,7-8,15H2,1-2H3. The molecule has 0 radical (unpaired) electrons. The lowest BCUT2D eigenvalue weighted by molar-refractivity contribution is 0.408. The van der Waals surface area contributed by atoms with Crippen LogP contribution >= 0.6 is 0 Å². The minimum atomic E-state index is -0.292. The van der Waals surface area contributed by atoms with Gasteiger partial charge in [0.2, 0.25) is 0 Å². The van der Waals surface area contributed by atoms with Gasteiger partial charge in [0, 0.05) is 11.1 Å². The van der Waals surface area contributed by atoms with Crippen molar-refractivity contribution >= 4 is 0 Å². The van der Waals surface area contributed by atoms with Crippen LogP contribution in [0.3, 0.4) is 0 Å². The van der Waals surface area contributed by atoms with Crippen LogP contribution in [0.5, 0.6) is 5.75 Å². The highest BCUT2D eigenvalue weighted by molar-refractivity contribution is 5.42. The van der Waals surface area contributed by atoms with Crippen molar-refractivity contribution in [1.29, 1.82) is 0 Å². The first kappa shape index (κ1) is 11.5. The number of phenols is 1. The largest absolute Gasteiger partial charge is 0.508 e. The molecule has 0 amide bonds. The number of hydrogen-bond donors (Lipinski definition) is 2. The Hall–Kier alpha value is -1.02. The van der Waals surface area contributed by atoms with Crippen LogP contribution in [-0.4, -0.2) is 5.11 Å². The van der Waals surface area contributed by atoms with E-state index in [2.05, 4.69) is 19.9 Å². The Bertz CT molecular complexity index is 378. The molecular formula is C14H21NO. The first-order valence-corrected chi connectivity index (χ1v) is 6.15. The van der Waals surface area contributed by atoms with Gasteiger partial charge in [-0.3, -0.25) is 0 Å². The predicted octanol–water partition coefficient (Wildman–Crippen LogP) is 3.24. The van der Waals surface area contributed by atoms with E-state index in [0.29, 0.717) is 11.7 Å². The van der Waals surface area contributed by atoms with Crippen molar-refractivity contribution in [2.24, 2.45) is 5.73 Å². The van der Waals surface area contributed by atoms with Crippen LogP contribution in [0.15, 0.2) is 18.2 Å². The molecule has 0 unspecified atom stereocenters. The highest BCUT2D eigenvalue weighted by Gasteiger charge is 2.33. The van der Waals surface area contributed by atoms with E-state index >= 15 is 0 Å². The molecule has 2 nitrogen and oxygen atoms in total. The number of benzene rings is 1. The van der Waals surface area contributed by atoms with Crippen LogP contribution in [0.2, 0.25) is 0 Å². The topological polar surface area (TPSA) is 46.2 Å². The van der Waals surface area contributed by atoms with Crippen molar-refractivity contribution in [3.05, 3.63) is 29.3 Å². The molecule has 1 fully saturated rings. The molecule has 1 aromatic rings. The molecule has 1 saturated carbocycles. The Balaban J connectivity index is 2.35. The Morgan fingerprint density at radius 1 is 1.25 bits per heavy atom. The average Bonchev–Trinajstić information content (AvgIpc) is 2.65. The van der Waals surface area contributed by atoms with E-state index in [1.165, 1.54) is 18.4 Å². The third-order valence-electron chi connectivity index (χ3n) is 3.72. The van der Waals surface area contributed by atoms with Gasteiger partial charge in [0.25, 0.3) is 0 Å². The van der Waals surface area contributed by atoms with E-state index in [-0.39, 0.29) is 5.54 Å². The third-order valence-corrected chi connectivity index (χ3v) is 3.72. The number of rotatable bonds is 2. The van der Waals surface area contributed by atoms with Crippen molar-refractivity contribution in [2.45, 2.75) is 51.0 Å². The van der Waals surface area contributed by atoms with Crippen LogP contribution in [0.4, 0.5) is 0 Å². The van der Waals surface area contributed by atoms with Crippen LogP contribution in [0.25, 0.3) is 0 Å². The van der Waals surface area contributed by atoms with Crippen molar-refractivity contribution in [1.82, 2.24) is 0 Å². The quantitative estimate of drug-likeness (QED) is 0.802. The van der Waals surface area contributed by atoms with E-state index in [4.69, 9.17) is 5.73 Å². The fourth-order valence-electron chi connectivity index (χ4n) is 2.60. The summed E-state index contributed by atoms with van der Waals surface area (Å²) >= 11 is 0. The van der Waals surface area contributed by atoms with Gasteiger partial charge in [0.15, 0.2) is 0 Å². The van der Waals surface area contributed by atoms with Gasteiger partial charge in [-0.15, -0.1) is 0 Å². The molecule has 88 valence electrons. The monoisotopic (exact) mass is 219 g/mol. The van der Waals surface area contributed by atoms with Gasteiger partial charge in [-0.25, -0.2) is 0 Å². The molecule has 0 saturated heterocycles. The Morgan fingerprint density at radius 3 is 2.38 bits per heavy atom. The first-order chi connectivity index (χ1) is 7.53. The van der Waals surface area contributed by atoms with E-state index in [1.54, 1.807) is 0 Å². The van der Waals surface area contributed by atoms with Gasteiger partial charge in [0.1, 0.15) is 5.75 Å². The van der Waals surface area contributed by atoms with E-state index in [1.807, 2.05) is 12.1 Å². The average molecular weight is 219 g/mol. The lowest BCUT2D eigenvalue weighted by Gasteiger charge is -2.25. The lowest BCUT2D eigenvalue weighted by atomic mass is 9.87. The van der Waals surface area contributed by atoms with Crippen LogP contribution in [0, 0.1) is 0 Å². The highest BCUT2D eigenvalue weighted by Crippen LogP contribution is 2.40. The Kier molecular flexibility index (Phi) is 2.94. The molecule has 3 N–H and O–H groups in total. The number of nitrogens with two attached hydrogens (primary N) is 1. The number of hydrogen-bond acceptors (Lipinski definition) is 2. The normalized spacial score (nSPS) is 19.2. The summed E-state index contributed by atoms with van der Waals surface area (Å²) in [7, 11) is 0. The number of aromatic hydroxyl groups is 1. The van der Waals surface area contributed by atoms with Crippen LogP contribution in [-0.2, 0) is 5.54 Å². The molecule has 2 rings (SSSR count). The van der Waals surface area contributed by atoms with Crippen molar-refractivity contribution in [2.75, 3.05) is 0 Å². The molecule has 0 atom stereocenters. The molecule has 0 aliphatic heterocycles. The second kappa shape index (κ2) is 4.10. The smallest absolute Gasteiger partial charge is 0.120 e. The van der Waals surface area contributed by atoms with E-state index < -0.39 is 0 Å². The van der Waals surface area contributed by atoms with Gasteiger partial charge in [-0.1, -0.05) is 38.8 Å². The summed E-state index contributed by atoms with van der Waals surface area (Å²) in [5.41, 5.74) is 8.15. The van der Waals surface area contributed by atoms with Crippen molar-refractivity contribution in [3.63, 3.8) is 0 Å². The summed E-state index contributed by atoms with van der Waals surface area (Å²) in [5, 5.41) is 10.1. The SMILES string of the molecule is CC(C)c1ccc(C2(N)CCCC2)c(O)c1. The minimum Gasteiger partial charge on any atom is -0.508 e. The molecule has 16 heavy (non-hydrogen) atoms. The van der Waals surface area contributed by atoms with Crippen LogP contribution < -0.4 is 5.73 Å². The van der Waals surface area contributed by atoms with Gasteiger partial charge >= 0.3 is 0 Å². The molecule has 1 aliphatic rings. The first-order valence-electron chi connectivity index (χ1n) is 6.15. The second-order valence-electron chi connectivity index (χ2n) is 5.29. The molecule has 0 heterocycles. The molecular weight excluding hydrogens is 198 g/mol. The molecule has 1 aromatic carbocycles. The van der Waals surface area contributed by atoms with Crippen molar-refractivity contribution < 1.29 is 5.11 Å². The summed E-state index contributed by atoms with van der Waals surface area (Å²) in [6, 6.07) is 5.97. The lowest BCUT2D eigenvalue weighted by Crippen LogP contribution is -2.33. The fraction of sp³-hybridized carbons (Fsp3) is 0.571. The molecule has 1 aliphatic carbocycles. The van der Waals surface area contributed by atoms with Gasteiger partial charge < -0.3 is 10.8 Å². The maximum absolute atomic E-state index is 10.1. The zero-order chi connectivity index (χ0) is 11.8. The summed E-state index contributed by atoms with van der Waals surface area (Å²) in [6.07, 6.45) is 4.31. The maximum Gasteiger partial charge on any atom is 0.120 e. The maximum atomic E-state index is 10.1. The summed E-state index contributed by atoms with van der Waals surface area (Å²) in [5.74, 6) is 0.813. The van der Waals surface area contributed by atoms with E-state index in [9.17, 15) is 5.11 Å².